The van der Waals surface area contributed by atoms with Gasteiger partial charge < -0.3 is 0 Å². The average Bonchev–Trinajstić information content (AvgIpc) is 3.04. The van der Waals surface area contributed by atoms with E-state index in [0.29, 0.717) is 10.6 Å². The number of nitrogens with zero attached hydrogens (tertiary/aromatic N) is 1. The van der Waals surface area contributed by atoms with Crippen molar-refractivity contribution in [3.05, 3.63) is 16.5 Å². The summed E-state index contributed by atoms with van der Waals surface area (Å²) in [4.78, 5) is 0.989. The highest BCUT2D eigenvalue weighted by Gasteiger charge is 2.46. The van der Waals surface area contributed by atoms with Crippen molar-refractivity contribution in [1.29, 1.82) is 0 Å². The third-order valence-corrected chi connectivity index (χ3v) is 9.51. The number of rotatable bonds is 4. The fraction of sp³-hybridized carbons (Fsp3) is 0.692. The molecule has 118 valence electrons. The van der Waals surface area contributed by atoms with Crippen molar-refractivity contribution in [2.24, 2.45) is 0 Å². The van der Waals surface area contributed by atoms with Crippen molar-refractivity contribution in [3.8, 4) is 0 Å². The van der Waals surface area contributed by atoms with E-state index in [4.69, 9.17) is 0 Å². The Labute approximate surface area is 129 Å². The van der Waals surface area contributed by atoms with E-state index in [2.05, 4.69) is 0 Å². The van der Waals surface area contributed by atoms with Crippen LogP contribution < -0.4 is 0 Å². The van der Waals surface area contributed by atoms with Crippen molar-refractivity contribution in [1.82, 2.24) is 4.31 Å². The summed E-state index contributed by atoms with van der Waals surface area (Å²) in [5.41, 5.74) is 0.966. The summed E-state index contributed by atoms with van der Waals surface area (Å²) >= 11 is 1.27. The van der Waals surface area contributed by atoms with Gasteiger partial charge in [0.2, 0.25) is 0 Å². The first-order valence-corrected chi connectivity index (χ1v) is 11.1. The molecule has 0 radical (unpaired) electrons. The summed E-state index contributed by atoms with van der Waals surface area (Å²) in [6.07, 6.45) is 2.08. The number of sulfone groups is 1. The molecule has 21 heavy (non-hydrogen) atoms. The Morgan fingerprint density at radius 1 is 1.19 bits per heavy atom. The first-order valence-electron chi connectivity index (χ1n) is 7.02. The van der Waals surface area contributed by atoms with Crippen LogP contribution in [-0.4, -0.2) is 44.7 Å². The van der Waals surface area contributed by atoms with Crippen molar-refractivity contribution in [3.63, 3.8) is 0 Å². The fourth-order valence-electron chi connectivity index (χ4n) is 2.77. The van der Waals surface area contributed by atoms with Crippen LogP contribution in [0.4, 0.5) is 0 Å². The summed E-state index contributed by atoms with van der Waals surface area (Å²) < 4.78 is 51.1. The lowest BCUT2D eigenvalue weighted by Crippen LogP contribution is -2.42. The minimum absolute atomic E-state index is 0.0176. The van der Waals surface area contributed by atoms with Crippen LogP contribution in [0.15, 0.2) is 10.3 Å². The van der Waals surface area contributed by atoms with Crippen LogP contribution in [0, 0.1) is 13.8 Å². The molecule has 1 atom stereocenters. The lowest BCUT2D eigenvalue weighted by atomic mass is 10.2. The maximum atomic E-state index is 12.9. The lowest BCUT2D eigenvalue weighted by Gasteiger charge is -2.26. The molecular weight excluding hydrogens is 330 g/mol. The number of thiophene rings is 1. The zero-order chi connectivity index (χ0) is 15.4. The molecule has 0 unspecified atom stereocenters. The summed E-state index contributed by atoms with van der Waals surface area (Å²) in [7, 11) is -6.68. The van der Waals surface area contributed by atoms with Crippen molar-refractivity contribution in [2.45, 2.75) is 49.4 Å². The molecule has 1 saturated carbocycles. The highest BCUT2D eigenvalue weighted by Crippen LogP contribution is 2.39. The van der Waals surface area contributed by atoms with E-state index in [1.807, 2.05) is 13.8 Å². The van der Waals surface area contributed by atoms with Crippen molar-refractivity contribution >= 4 is 31.2 Å². The minimum atomic E-state index is -3.59. The maximum absolute atomic E-state index is 12.9. The molecule has 5 nitrogen and oxygen atoms in total. The van der Waals surface area contributed by atoms with E-state index in [1.165, 1.54) is 15.6 Å². The molecular formula is C13H19NO4S3. The zero-order valence-corrected chi connectivity index (χ0v) is 14.5. The summed E-state index contributed by atoms with van der Waals surface area (Å²) in [6, 6.07) is 1.29. The third kappa shape index (κ3) is 2.91. The predicted octanol–water partition coefficient (Wildman–Crippen LogP) is 1.71. The van der Waals surface area contributed by atoms with Gasteiger partial charge in [0, 0.05) is 17.0 Å². The summed E-state index contributed by atoms with van der Waals surface area (Å²) in [5, 5.41) is 0. The normalized spacial score (nSPS) is 25.6. The number of aryl methyl sites for hydroxylation is 2. The van der Waals surface area contributed by atoms with E-state index in [0.717, 1.165) is 23.3 Å². The van der Waals surface area contributed by atoms with Crippen LogP contribution >= 0.6 is 11.3 Å². The van der Waals surface area contributed by atoms with Gasteiger partial charge in [0.15, 0.2) is 9.84 Å². The Balaban J connectivity index is 1.97. The molecule has 0 amide bonds. The predicted molar refractivity (Wildman–Crippen MR) is 82.9 cm³/mol. The third-order valence-electron chi connectivity index (χ3n) is 4.15. The van der Waals surface area contributed by atoms with Gasteiger partial charge in [0.05, 0.1) is 11.5 Å². The molecule has 1 saturated heterocycles. The standard InChI is InChI=1S/C13H19NO4S3/c1-9-7-13(19-10(9)2)21(17,18)14(11-3-4-11)12-5-6-20(15,16)8-12/h7,11-12H,3-6,8H2,1-2H3/t12-/m0/s1. The Hall–Kier alpha value is -0.440. The SMILES string of the molecule is Cc1cc(S(=O)(=O)N(C2CC2)[C@H]2CCS(=O)(=O)C2)sc1C. The van der Waals surface area contributed by atoms with Crippen LogP contribution in [0.1, 0.15) is 29.7 Å². The van der Waals surface area contributed by atoms with Gasteiger partial charge in [-0.25, -0.2) is 16.8 Å². The second-order valence-electron chi connectivity index (χ2n) is 5.93. The van der Waals surface area contributed by atoms with Crippen LogP contribution in [0.2, 0.25) is 0 Å². The summed E-state index contributed by atoms with van der Waals surface area (Å²) in [6.45, 7) is 3.80. The van der Waals surface area contributed by atoms with Crippen molar-refractivity contribution < 1.29 is 16.8 Å². The molecule has 0 aromatic carbocycles. The molecule has 0 spiro atoms. The van der Waals surface area contributed by atoms with E-state index >= 15 is 0 Å². The Morgan fingerprint density at radius 2 is 1.86 bits per heavy atom. The van der Waals surface area contributed by atoms with Gasteiger partial charge >= 0.3 is 0 Å². The molecule has 2 fully saturated rings. The van der Waals surface area contributed by atoms with E-state index in [9.17, 15) is 16.8 Å². The molecule has 8 heteroatoms. The first-order chi connectivity index (χ1) is 9.71. The smallest absolute Gasteiger partial charge is 0.229 e. The highest BCUT2D eigenvalue weighted by molar-refractivity contribution is 7.92. The number of hydrogen-bond acceptors (Lipinski definition) is 5. The monoisotopic (exact) mass is 349 g/mol. The van der Waals surface area contributed by atoms with Crippen LogP contribution in [-0.2, 0) is 19.9 Å². The first kappa shape index (κ1) is 15.5. The molecule has 1 aromatic rings. The van der Waals surface area contributed by atoms with Crippen LogP contribution in [0.25, 0.3) is 0 Å². The van der Waals surface area contributed by atoms with Gasteiger partial charge in [-0.15, -0.1) is 11.3 Å². The molecule has 3 rings (SSSR count). The Kier molecular flexibility index (Phi) is 3.71. The molecule has 0 N–H and O–H groups in total. The quantitative estimate of drug-likeness (QED) is 0.829. The fourth-order valence-corrected chi connectivity index (χ4v) is 8.09. The van der Waals surface area contributed by atoms with Gasteiger partial charge in [0.1, 0.15) is 4.21 Å². The number of sulfonamides is 1. The van der Waals surface area contributed by atoms with E-state index in [1.54, 1.807) is 6.07 Å². The average molecular weight is 349 g/mol. The molecule has 2 aliphatic rings. The molecule has 1 aromatic heterocycles. The number of hydrogen-bond donors (Lipinski definition) is 0. The maximum Gasteiger partial charge on any atom is 0.253 e. The van der Waals surface area contributed by atoms with Gasteiger partial charge in [-0.05, 0) is 44.7 Å². The van der Waals surface area contributed by atoms with E-state index < -0.39 is 25.9 Å². The van der Waals surface area contributed by atoms with E-state index in [-0.39, 0.29) is 17.5 Å². The van der Waals surface area contributed by atoms with Gasteiger partial charge in [-0.2, -0.15) is 4.31 Å². The topological polar surface area (TPSA) is 71.5 Å². The molecule has 1 aliphatic carbocycles. The Morgan fingerprint density at radius 3 is 2.29 bits per heavy atom. The van der Waals surface area contributed by atoms with Crippen LogP contribution in [0.5, 0.6) is 0 Å². The van der Waals surface area contributed by atoms with Crippen LogP contribution in [0.3, 0.4) is 0 Å². The van der Waals surface area contributed by atoms with Gasteiger partial charge in [-0.1, -0.05) is 0 Å². The highest BCUT2D eigenvalue weighted by atomic mass is 32.2. The Bertz CT molecular complexity index is 740. The van der Waals surface area contributed by atoms with Gasteiger partial charge in [-0.3, -0.25) is 0 Å². The minimum Gasteiger partial charge on any atom is -0.229 e. The molecule has 1 aliphatic heterocycles. The van der Waals surface area contributed by atoms with Crippen molar-refractivity contribution in [2.75, 3.05) is 11.5 Å². The van der Waals surface area contributed by atoms with Gasteiger partial charge in [0.25, 0.3) is 10.0 Å². The second kappa shape index (κ2) is 5.04. The zero-order valence-electron chi connectivity index (χ0n) is 12.1. The summed E-state index contributed by atoms with van der Waals surface area (Å²) in [5.74, 6) is 0.0605. The lowest BCUT2D eigenvalue weighted by molar-refractivity contribution is 0.333. The molecule has 0 bridgehead atoms. The second-order valence-corrected chi connectivity index (χ2v) is 11.5. The molecule has 2 heterocycles. The largest absolute Gasteiger partial charge is 0.253 e.